The van der Waals surface area contributed by atoms with Gasteiger partial charge in [0.2, 0.25) is 9.84 Å². The number of rotatable bonds is 6. The zero-order valence-corrected chi connectivity index (χ0v) is 15.7. The maximum Gasteiger partial charge on any atom is 0.206 e. The molecule has 0 spiro atoms. The van der Waals surface area contributed by atoms with Crippen LogP contribution >= 0.6 is 0 Å². The summed E-state index contributed by atoms with van der Waals surface area (Å²) in [5, 5.41) is 3.49. The second-order valence-corrected chi connectivity index (χ2v) is 8.56. The predicted molar refractivity (Wildman–Crippen MR) is 97.7 cm³/mol. The molecule has 1 aliphatic heterocycles. The van der Waals surface area contributed by atoms with Crippen molar-refractivity contribution in [3.05, 3.63) is 53.8 Å². The third kappa shape index (κ3) is 4.06. The lowest BCUT2D eigenvalue weighted by atomic mass is 10.0. The Morgan fingerprint density at radius 3 is 2.69 bits per heavy atom. The van der Waals surface area contributed by atoms with Crippen molar-refractivity contribution in [3.8, 4) is 5.75 Å². The van der Waals surface area contributed by atoms with Gasteiger partial charge in [-0.05, 0) is 44.4 Å². The summed E-state index contributed by atoms with van der Waals surface area (Å²) in [6.45, 7) is 2.27. The summed E-state index contributed by atoms with van der Waals surface area (Å²) in [6.07, 6.45) is 0.830. The van der Waals surface area contributed by atoms with Crippen molar-refractivity contribution >= 4 is 9.84 Å². The minimum atomic E-state index is -3.79. The first-order valence-corrected chi connectivity index (χ1v) is 10.0. The van der Waals surface area contributed by atoms with Gasteiger partial charge in [-0.3, -0.25) is 0 Å². The van der Waals surface area contributed by atoms with Gasteiger partial charge < -0.3 is 15.0 Å². The molecule has 1 atom stereocenters. The van der Waals surface area contributed by atoms with E-state index in [9.17, 15) is 12.8 Å². The van der Waals surface area contributed by atoms with Crippen LogP contribution in [0.5, 0.6) is 5.75 Å². The van der Waals surface area contributed by atoms with Crippen LogP contribution in [-0.4, -0.2) is 47.1 Å². The maximum atomic E-state index is 13.4. The highest BCUT2D eigenvalue weighted by molar-refractivity contribution is 7.91. The highest BCUT2D eigenvalue weighted by Crippen LogP contribution is 2.35. The average molecular weight is 378 g/mol. The van der Waals surface area contributed by atoms with Crippen LogP contribution in [0, 0.1) is 5.82 Å². The molecule has 0 amide bonds. The van der Waals surface area contributed by atoms with Gasteiger partial charge in [0.15, 0.2) is 0 Å². The van der Waals surface area contributed by atoms with E-state index in [0.717, 1.165) is 31.1 Å². The molecule has 0 bridgehead atoms. The average Bonchev–Trinajstić information content (AvgIpc) is 2.61. The van der Waals surface area contributed by atoms with Crippen LogP contribution in [-0.2, 0) is 9.84 Å². The number of likely N-dealkylation sites (N-methyl/N-ethyl adjacent to an activating group) is 1. The second kappa shape index (κ2) is 7.73. The Morgan fingerprint density at radius 2 is 1.96 bits per heavy atom. The minimum Gasteiger partial charge on any atom is -0.493 e. The smallest absolute Gasteiger partial charge is 0.206 e. The fourth-order valence-corrected chi connectivity index (χ4v) is 4.29. The fourth-order valence-electron chi connectivity index (χ4n) is 2.98. The van der Waals surface area contributed by atoms with E-state index in [4.69, 9.17) is 4.74 Å². The van der Waals surface area contributed by atoms with Crippen LogP contribution in [0.15, 0.2) is 52.3 Å². The van der Waals surface area contributed by atoms with Gasteiger partial charge in [0.05, 0.1) is 16.4 Å². The molecular formula is C19H23FN2O3S. The van der Waals surface area contributed by atoms with Crippen molar-refractivity contribution in [1.82, 2.24) is 10.2 Å². The summed E-state index contributed by atoms with van der Waals surface area (Å²) in [4.78, 5) is 2.15. The zero-order chi connectivity index (χ0) is 18.7. The molecule has 0 aromatic heterocycles. The molecule has 7 heteroatoms. The lowest BCUT2D eigenvalue weighted by molar-refractivity contribution is 0.249. The van der Waals surface area contributed by atoms with Crippen molar-refractivity contribution in [2.75, 3.05) is 33.8 Å². The molecule has 1 aliphatic rings. The van der Waals surface area contributed by atoms with Crippen LogP contribution in [0.2, 0.25) is 0 Å². The van der Waals surface area contributed by atoms with Gasteiger partial charge in [0.1, 0.15) is 11.6 Å². The fraction of sp³-hybridized carbons (Fsp3) is 0.368. The molecule has 0 saturated heterocycles. The van der Waals surface area contributed by atoms with Gasteiger partial charge in [-0.15, -0.1) is 0 Å². The summed E-state index contributed by atoms with van der Waals surface area (Å²) in [5.74, 6) is -0.0125. The lowest BCUT2D eigenvalue weighted by Crippen LogP contribution is -2.32. The van der Waals surface area contributed by atoms with Crippen molar-refractivity contribution in [3.63, 3.8) is 0 Å². The summed E-state index contributed by atoms with van der Waals surface area (Å²) >= 11 is 0. The molecule has 5 nitrogen and oxygen atoms in total. The Hall–Kier alpha value is -1.96. The van der Waals surface area contributed by atoms with Crippen molar-refractivity contribution in [1.29, 1.82) is 0 Å². The van der Waals surface area contributed by atoms with E-state index in [1.165, 1.54) is 24.3 Å². The highest BCUT2D eigenvalue weighted by atomic mass is 32.2. The van der Waals surface area contributed by atoms with E-state index >= 15 is 0 Å². The Morgan fingerprint density at radius 1 is 1.19 bits per heavy atom. The SMILES string of the molecule is CN(C)CCNC1CCOc2cc(S(=O)(=O)c3cccc(F)c3)ccc21. The maximum absolute atomic E-state index is 13.4. The second-order valence-electron chi connectivity index (χ2n) is 6.61. The van der Waals surface area contributed by atoms with Crippen LogP contribution in [0.1, 0.15) is 18.0 Å². The number of hydrogen-bond acceptors (Lipinski definition) is 5. The first kappa shape index (κ1) is 18.8. The van der Waals surface area contributed by atoms with Crippen LogP contribution in [0.3, 0.4) is 0 Å². The van der Waals surface area contributed by atoms with Crippen molar-refractivity contribution in [2.45, 2.75) is 22.3 Å². The molecule has 0 fully saturated rings. The molecule has 0 radical (unpaired) electrons. The molecule has 26 heavy (non-hydrogen) atoms. The predicted octanol–water partition coefficient (Wildman–Crippen LogP) is 2.63. The first-order chi connectivity index (χ1) is 12.4. The zero-order valence-electron chi connectivity index (χ0n) is 14.9. The quantitative estimate of drug-likeness (QED) is 0.837. The van der Waals surface area contributed by atoms with E-state index in [0.29, 0.717) is 12.4 Å². The number of nitrogens with zero attached hydrogens (tertiary/aromatic N) is 1. The van der Waals surface area contributed by atoms with E-state index in [1.54, 1.807) is 12.1 Å². The van der Waals surface area contributed by atoms with E-state index in [2.05, 4.69) is 10.2 Å². The molecule has 0 aliphatic carbocycles. The minimum absolute atomic E-state index is 0.0612. The summed E-state index contributed by atoms with van der Waals surface area (Å²) in [6, 6.07) is 10.1. The molecule has 1 unspecified atom stereocenters. The van der Waals surface area contributed by atoms with Crippen LogP contribution in [0.25, 0.3) is 0 Å². The van der Waals surface area contributed by atoms with Gasteiger partial charge in [-0.25, -0.2) is 12.8 Å². The standard InChI is InChI=1S/C19H23FN2O3S/c1-22(2)10-9-21-18-8-11-25-19-13-16(6-7-17(18)19)26(23,24)15-5-3-4-14(20)12-15/h3-7,12-13,18,21H,8-11H2,1-2H3. The van der Waals surface area contributed by atoms with Gasteiger partial charge >= 0.3 is 0 Å². The van der Waals surface area contributed by atoms with Crippen LogP contribution < -0.4 is 10.1 Å². The van der Waals surface area contributed by atoms with Gasteiger partial charge in [-0.1, -0.05) is 12.1 Å². The van der Waals surface area contributed by atoms with Crippen LogP contribution in [0.4, 0.5) is 4.39 Å². The third-order valence-electron chi connectivity index (χ3n) is 4.39. The lowest BCUT2D eigenvalue weighted by Gasteiger charge is -2.27. The van der Waals surface area contributed by atoms with E-state index in [1.807, 2.05) is 14.1 Å². The van der Waals surface area contributed by atoms with Crippen molar-refractivity contribution < 1.29 is 17.5 Å². The molecule has 3 rings (SSSR count). The first-order valence-electron chi connectivity index (χ1n) is 8.53. The summed E-state index contributed by atoms with van der Waals surface area (Å²) in [5.41, 5.74) is 0.952. The molecule has 0 saturated carbocycles. The number of fused-ring (bicyclic) bond motifs is 1. The monoisotopic (exact) mass is 378 g/mol. The largest absolute Gasteiger partial charge is 0.493 e. The number of sulfone groups is 1. The number of hydrogen-bond donors (Lipinski definition) is 1. The normalized spacial score (nSPS) is 17.0. The Balaban J connectivity index is 1.86. The topological polar surface area (TPSA) is 58.6 Å². The van der Waals surface area contributed by atoms with E-state index in [-0.39, 0.29) is 15.8 Å². The van der Waals surface area contributed by atoms with E-state index < -0.39 is 15.7 Å². The molecule has 1 heterocycles. The molecular weight excluding hydrogens is 355 g/mol. The third-order valence-corrected chi connectivity index (χ3v) is 6.14. The van der Waals surface area contributed by atoms with Gasteiger partial charge in [0, 0.05) is 31.1 Å². The molecule has 1 N–H and O–H groups in total. The van der Waals surface area contributed by atoms with Crippen molar-refractivity contribution in [2.24, 2.45) is 0 Å². The number of ether oxygens (including phenoxy) is 1. The van der Waals surface area contributed by atoms with Gasteiger partial charge in [0.25, 0.3) is 0 Å². The highest BCUT2D eigenvalue weighted by Gasteiger charge is 2.25. The number of halogens is 1. The number of benzene rings is 2. The summed E-state index contributed by atoms with van der Waals surface area (Å²) in [7, 11) is 0.246. The van der Waals surface area contributed by atoms with Gasteiger partial charge in [-0.2, -0.15) is 0 Å². The molecule has 2 aromatic rings. The Kier molecular flexibility index (Phi) is 5.60. The summed E-state index contributed by atoms with van der Waals surface area (Å²) < 4.78 is 44.6. The molecule has 2 aromatic carbocycles. The Labute approximate surface area is 153 Å². The molecule has 140 valence electrons. The number of nitrogens with one attached hydrogen (secondary N) is 1. The Bertz CT molecular complexity index is 884.